The van der Waals surface area contributed by atoms with Gasteiger partial charge in [0.05, 0.1) is 39.6 Å². The molecule has 1 saturated carbocycles. The summed E-state index contributed by atoms with van der Waals surface area (Å²) < 4.78 is 21.1. The van der Waals surface area contributed by atoms with E-state index in [9.17, 15) is 9.00 Å². The molecule has 1 aliphatic heterocycles. The SMILES string of the molecule is Cc1cc(N2CCn3ncc(S(C)(=O)=NC(=O)C4CC4)c3C2)n2ccnc2n1. The lowest BCUT2D eigenvalue weighted by Crippen LogP contribution is -2.35. The van der Waals surface area contributed by atoms with Crippen molar-refractivity contribution in [1.29, 1.82) is 0 Å². The maximum absolute atomic E-state index is 13.2. The Bertz CT molecular complexity index is 1210. The van der Waals surface area contributed by atoms with E-state index in [0.29, 0.717) is 23.8 Å². The van der Waals surface area contributed by atoms with Crippen LogP contribution in [0.1, 0.15) is 24.2 Å². The summed E-state index contributed by atoms with van der Waals surface area (Å²) in [5, 5.41) is 4.40. The van der Waals surface area contributed by atoms with Gasteiger partial charge in [0.25, 0.3) is 5.91 Å². The molecule has 1 amide bonds. The highest BCUT2D eigenvalue weighted by atomic mass is 32.2. The molecule has 1 unspecified atom stereocenters. The number of amides is 1. The molecule has 10 heteroatoms. The highest BCUT2D eigenvalue weighted by molar-refractivity contribution is 7.93. The first-order valence-electron chi connectivity index (χ1n) is 9.29. The maximum atomic E-state index is 13.2. The molecule has 3 aromatic heterocycles. The average Bonchev–Trinajstić information content (AvgIpc) is 3.25. The fourth-order valence-corrected chi connectivity index (χ4v) is 5.05. The Labute approximate surface area is 162 Å². The van der Waals surface area contributed by atoms with E-state index in [1.165, 1.54) is 6.26 Å². The Morgan fingerprint density at radius 1 is 1.32 bits per heavy atom. The molecular weight excluding hydrogens is 378 g/mol. The number of carbonyl (C=O) groups is 1. The zero-order valence-electron chi connectivity index (χ0n) is 15.8. The molecule has 0 bridgehead atoms. The monoisotopic (exact) mass is 399 g/mol. The number of aromatic nitrogens is 5. The smallest absolute Gasteiger partial charge is 0.257 e. The van der Waals surface area contributed by atoms with Gasteiger partial charge in [0, 0.05) is 42.9 Å². The number of hydrogen-bond acceptors (Lipinski definition) is 6. The van der Waals surface area contributed by atoms with Gasteiger partial charge in [-0.2, -0.15) is 9.46 Å². The summed E-state index contributed by atoms with van der Waals surface area (Å²) in [5.41, 5.74) is 1.73. The summed E-state index contributed by atoms with van der Waals surface area (Å²) in [6.45, 7) is 3.90. The van der Waals surface area contributed by atoms with Crippen LogP contribution in [0.5, 0.6) is 0 Å². The number of imidazole rings is 1. The summed E-state index contributed by atoms with van der Waals surface area (Å²) in [7, 11) is -2.82. The molecule has 0 N–H and O–H groups in total. The normalized spacial score (nSPS) is 18.7. The van der Waals surface area contributed by atoms with Crippen molar-refractivity contribution in [2.24, 2.45) is 10.3 Å². The molecule has 1 fully saturated rings. The summed E-state index contributed by atoms with van der Waals surface area (Å²) >= 11 is 0. The Hall–Kier alpha value is -2.75. The van der Waals surface area contributed by atoms with Crippen LogP contribution < -0.4 is 4.90 Å². The van der Waals surface area contributed by atoms with Gasteiger partial charge in [-0.05, 0) is 19.8 Å². The van der Waals surface area contributed by atoms with Crippen LogP contribution in [-0.2, 0) is 27.6 Å². The van der Waals surface area contributed by atoms with Crippen LogP contribution in [0.2, 0.25) is 0 Å². The van der Waals surface area contributed by atoms with Crippen LogP contribution in [0, 0.1) is 12.8 Å². The lowest BCUT2D eigenvalue weighted by molar-refractivity contribution is -0.118. The number of carbonyl (C=O) groups excluding carboxylic acids is 1. The molecule has 28 heavy (non-hydrogen) atoms. The number of nitrogens with zero attached hydrogens (tertiary/aromatic N) is 7. The third-order valence-corrected chi connectivity index (χ3v) is 6.92. The van der Waals surface area contributed by atoms with Gasteiger partial charge < -0.3 is 4.90 Å². The molecular formula is C18H21N7O2S. The van der Waals surface area contributed by atoms with E-state index in [4.69, 9.17) is 0 Å². The third-order valence-electron chi connectivity index (χ3n) is 5.24. The average molecular weight is 399 g/mol. The standard InChI is InChI=1S/C18H21N7O2S/c1-12-9-16(24-6-5-19-18(24)21-12)23-7-8-25-14(11-23)15(10-20-25)28(2,27)22-17(26)13-3-4-13/h5-6,9-10,13H,3-4,7-8,11H2,1-2H3. The van der Waals surface area contributed by atoms with Crippen molar-refractivity contribution in [3.63, 3.8) is 0 Å². The van der Waals surface area contributed by atoms with Gasteiger partial charge in [0.1, 0.15) is 5.82 Å². The first-order valence-corrected chi connectivity index (χ1v) is 11.2. The topological polar surface area (TPSA) is 97.8 Å². The molecule has 0 radical (unpaired) electrons. The number of anilines is 1. The van der Waals surface area contributed by atoms with Gasteiger partial charge in [-0.25, -0.2) is 14.2 Å². The molecule has 0 aromatic carbocycles. The van der Waals surface area contributed by atoms with Crippen LogP contribution in [0.25, 0.3) is 5.78 Å². The van der Waals surface area contributed by atoms with Crippen molar-refractivity contribution >= 4 is 27.2 Å². The minimum absolute atomic E-state index is 0.0435. The molecule has 1 aliphatic carbocycles. The van der Waals surface area contributed by atoms with Gasteiger partial charge in [0.2, 0.25) is 5.78 Å². The predicted octanol–water partition coefficient (Wildman–Crippen LogP) is 1.65. The number of rotatable bonds is 3. The van der Waals surface area contributed by atoms with Crippen LogP contribution in [-0.4, -0.2) is 47.1 Å². The van der Waals surface area contributed by atoms with E-state index in [0.717, 1.165) is 36.6 Å². The maximum Gasteiger partial charge on any atom is 0.257 e. The van der Waals surface area contributed by atoms with Gasteiger partial charge >= 0.3 is 0 Å². The Morgan fingerprint density at radius 3 is 2.93 bits per heavy atom. The van der Waals surface area contributed by atoms with E-state index >= 15 is 0 Å². The summed E-state index contributed by atoms with van der Waals surface area (Å²) in [6, 6.07) is 2.02. The van der Waals surface area contributed by atoms with E-state index in [-0.39, 0.29) is 11.8 Å². The predicted molar refractivity (Wildman–Crippen MR) is 103 cm³/mol. The molecule has 3 aromatic rings. The van der Waals surface area contributed by atoms with Gasteiger partial charge in [-0.1, -0.05) is 0 Å². The zero-order valence-corrected chi connectivity index (χ0v) is 16.6. The van der Waals surface area contributed by atoms with Gasteiger partial charge in [-0.15, -0.1) is 0 Å². The van der Waals surface area contributed by atoms with E-state index in [1.807, 2.05) is 28.3 Å². The lowest BCUT2D eigenvalue weighted by atomic mass is 10.3. The van der Waals surface area contributed by atoms with Crippen molar-refractivity contribution in [2.75, 3.05) is 17.7 Å². The summed E-state index contributed by atoms with van der Waals surface area (Å²) in [6.07, 6.45) is 8.45. The molecule has 4 heterocycles. The fraction of sp³-hybridized carbons (Fsp3) is 0.444. The van der Waals surface area contributed by atoms with Crippen LogP contribution in [0.15, 0.2) is 33.9 Å². The quantitative estimate of drug-likeness (QED) is 0.664. The van der Waals surface area contributed by atoms with Crippen molar-refractivity contribution in [2.45, 2.75) is 37.8 Å². The molecule has 2 aliphatic rings. The lowest BCUT2D eigenvalue weighted by Gasteiger charge is -2.30. The summed E-state index contributed by atoms with van der Waals surface area (Å²) in [4.78, 5) is 23.6. The second-order valence-electron chi connectivity index (χ2n) is 7.46. The van der Waals surface area contributed by atoms with Crippen LogP contribution in [0.3, 0.4) is 0 Å². The molecule has 0 spiro atoms. The number of aryl methyl sites for hydroxylation is 1. The summed E-state index contributed by atoms with van der Waals surface area (Å²) in [5.74, 6) is 1.34. The van der Waals surface area contributed by atoms with E-state index in [2.05, 4.69) is 24.3 Å². The second-order valence-corrected chi connectivity index (χ2v) is 9.69. The highest BCUT2D eigenvalue weighted by Gasteiger charge is 2.32. The Kier molecular flexibility index (Phi) is 3.80. The van der Waals surface area contributed by atoms with Crippen LogP contribution >= 0.6 is 0 Å². The van der Waals surface area contributed by atoms with Gasteiger partial charge in [-0.3, -0.25) is 13.9 Å². The minimum Gasteiger partial charge on any atom is -0.350 e. The molecule has 5 rings (SSSR count). The molecule has 0 saturated heterocycles. The van der Waals surface area contributed by atoms with Crippen molar-refractivity contribution in [3.05, 3.63) is 36.0 Å². The second kappa shape index (κ2) is 6.13. The van der Waals surface area contributed by atoms with Crippen molar-refractivity contribution in [1.82, 2.24) is 24.1 Å². The highest BCUT2D eigenvalue weighted by Crippen LogP contribution is 2.32. The number of fused-ring (bicyclic) bond motifs is 2. The first kappa shape index (κ1) is 17.4. The Balaban J connectivity index is 1.54. The minimum atomic E-state index is -2.82. The van der Waals surface area contributed by atoms with E-state index in [1.54, 1.807) is 12.4 Å². The van der Waals surface area contributed by atoms with E-state index < -0.39 is 9.73 Å². The largest absolute Gasteiger partial charge is 0.350 e. The molecule has 9 nitrogen and oxygen atoms in total. The Morgan fingerprint density at radius 2 is 2.14 bits per heavy atom. The van der Waals surface area contributed by atoms with Gasteiger partial charge in [0.15, 0.2) is 0 Å². The molecule has 146 valence electrons. The van der Waals surface area contributed by atoms with Crippen LogP contribution in [0.4, 0.5) is 5.82 Å². The molecule has 1 atom stereocenters. The first-order chi connectivity index (χ1) is 13.4. The number of hydrogen-bond donors (Lipinski definition) is 0. The van der Waals surface area contributed by atoms with Crippen molar-refractivity contribution in [3.8, 4) is 0 Å². The zero-order chi connectivity index (χ0) is 19.5. The van der Waals surface area contributed by atoms with Crippen molar-refractivity contribution < 1.29 is 9.00 Å². The fourth-order valence-electron chi connectivity index (χ4n) is 3.61. The third kappa shape index (κ3) is 2.88.